The number of nitrogens with zero attached hydrogens (tertiary/aromatic N) is 1. The molecule has 0 spiro atoms. The molecule has 2 rings (SSSR count). The van der Waals surface area contributed by atoms with Crippen molar-refractivity contribution in [2.45, 2.75) is 12.8 Å². The number of halogens is 2. The minimum absolute atomic E-state index is 0.110. The number of hydrogen-bond acceptors (Lipinski definition) is 2. The van der Waals surface area contributed by atoms with Gasteiger partial charge in [0.1, 0.15) is 5.82 Å². The van der Waals surface area contributed by atoms with E-state index in [4.69, 9.17) is 16.4 Å². The summed E-state index contributed by atoms with van der Waals surface area (Å²) in [6.45, 7) is 1.08. The summed E-state index contributed by atoms with van der Waals surface area (Å²) >= 11 is 5.80. The van der Waals surface area contributed by atoms with Crippen LogP contribution >= 0.6 is 11.6 Å². The van der Waals surface area contributed by atoms with E-state index < -0.39 is 5.82 Å². The molecular formula is C11H11ClFNO2. The first-order valence-electron chi connectivity index (χ1n) is 5.08. The zero-order valence-corrected chi connectivity index (χ0v) is 9.34. The van der Waals surface area contributed by atoms with Crippen LogP contribution in [0.25, 0.3) is 0 Å². The third-order valence-electron chi connectivity index (χ3n) is 2.39. The fraction of sp³-hybridized carbons (Fsp3) is 0.364. The van der Waals surface area contributed by atoms with Crippen LogP contribution in [0.4, 0.5) is 4.39 Å². The average molecular weight is 244 g/mol. The maximum Gasteiger partial charge on any atom is 0.278 e. The highest BCUT2D eigenvalue weighted by Gasteiger charge is 2.21. The number of benzene rings is 1. The normalized spacial score (nSPS) is 16.2. The maximum absolute atomic E-state index is 12.8. The molecule has 0 saturated carbocycles. The van der Waals surface area contributed by atoms with E-state index in [0.717, 1.165) is 18.9 Å². The lowest BCUT2D eigenvalue weighted by atomic mass is 10.2. The predicted molar refractivity (Wildman–Crippen MR) is 57.6 cm³/mol. The number of carbonyl (C=O) groups excluding carboxylic acids is 1. The van der Waals surface area contributed by atoms with Gasteiger partial charge in [0.2, 0.25) is 0 Å². The molecule has 5 heteroatoms. The van der Waals surface area contributed by atoms with Crippen molar-refractivity contribution in [2.75, 3.05) is 13.2 Å². The third kappa shape index (κ3) is 2.33. The predicted octanol–water partition coefficient (Wildman–Crippen LogP) is 2.65. The van der Waals surface area contributed by atoms with E-state index in [1.165, 1.54) is 17.2 Å². The highest BCUT2D eigenvalue weighted by atomic mass is 35.5. The Labute approximate surface area is 97.7 Å². The number of rotatable bonds is 1. The summed E-state index contributed by atoms with van der Waals surface area (Å²) in [5.41, 5.74) is 0.268. The molecule has 1 fully saturated rings. The number of hydroxylamine groups is 2. The Morgan fingerprint density at radius 3 is 2.88 bits per heavy atom. The van der Waals surface area contributed by atoms with Gasteiger partial charge in [0.15, 0.2) is 0 Å². The van der Waals surface area contributed by atoms with Gasteiger partial charge in [0, 0.05) is 6.54 Å². The largest absolute Gasteiger partial charge is 0.278 e. The van der Waals surface area contributed by atoms with E-state index in [9.17, 15) is 9.18 Å². The van der Waals surface area contributed by atoms with Gasteiger partial charge >= 0.3 is 0 Å². The maximum atomic E-state index is 12.8. The van der Waals surface area contributed by atoms with Gasteiger partial charge in [-0.3, -0.25) is 9.63 Å². The van der Waals surface area contributed by atoms with Gasteiger partial charge in [-0.1, -0.05) is 11.6 Å². The highest BCUT2D eigenvalue weighted by Crippen LogP contribution is 2.20. The van der Waals surface area contributed by atoms with Gasteiger partial charge in [-0.2, -0.15) is 0 Å². The van der Waals surface area contributed by atoms with E-state index in [0.29, 0.717) is 13.2 Å². The summed E-state index contributed by atoms with van der Waals surface area (Å²) < 4.78 is 12.8. The van der Waals surface area contributed by atoms with E-state index in [2.05, 4.69) is 0 Å². The van der Waals surface area contributed by atoms with Crippen LogP contribution in [0.1, 0.15) is 23.2 Å². The fourth-order valence-corrected chi connectivity index (χ4v) is 1.80. The van der Waals surface area contributed by atoms with E-state index in [-0.39, 0.29) is 16.5 Å². The summed E-state index contributed by atoms with van der Waals surface area (Å²) in [7, 11) is 0. The Morgan fingerprint density at radius 2 is 2.25 bits per heavy atom. The molecule has 86 valence electrons. The van der Waals surface area contributed by atoms with Crippen molar-refractivity contribution < 1.29 is 14.0 Å². The fourth-order valence-electron chi connectivity index (χ4n) is 1.55. The number of amides is 1. The van der Waals surface area contributed by atoms with Crippen molar-refractivity contribution in [1.82, 2.24) is 5.06 Å². The molecule has 0 N–H and O–H groups in total. The zero-order chi connectivity index (χ0) is 11.5. The number of hydrogen-bond donors (Lipinski definition) is 0. The highest BCUT2D eigenvalue weighted by molar-refractivity contribution is 6.33. The van der Waals surface area contributed by atoms with E-state index >= 15 is 0 Å². The van der Waals surface area contributed by atoms with Gasteiger partial charge < -0.3 is 0 Å². The quantitative estimate of drug-likeness (QED) is 0.759. The first-order chi connectivity index (χ1) is 7.68. The molecule has 1 aromatic carbocycles. The summed E-state index contributed by atoms with van der Waals surface area (Å²) in [5.74, 6) is -0.772. The Bertz CT molecular complexity index is 405. The van der Waals surface area contributed by atoms with Gasteiger partial charge in [0.05, 0.1) is 17.2 Å². The Morgan fingerprint density at radius 1 is 1.44 bits per heavy atom. The molecule has 1 heterocycles. The third-order valence-corrected chi connectivity index (χ3v) is 2.70. The van der Waals surface area contributed by atoms with Crippen LogP contribution in [-0.2, 0) is 4.84 Å². The van der Waals surface area contributed by atoms with Crippen molar-refractivity contribution >= 4 is 17.5 Å². The summed E-state index contributed by atoms with van der Waals surface area (Å²) in [6.07, 6.45) is 1.85. The lowest BCUT2D eigenvalue weighted by molar-refractivity contribution is -0.144. The SMILES string of the molecule is O=C(c1ccc(F)cc1Cl)N1CCCCO1. The van der Waals surface area contributed by atoms with Crippen molar-refractivity contribution in [3.8, 4) is 0 Å². The summed E-state index contributed by atoms with van der Waals surface area (Å²) in [6, 6.07) is 3.71. The minimum Gasteiger partial charge on any atom is -0.271 e. The van der Waals surface area contributed by atoms with Gasteiger partial charge in [0.25, 0.3) is 5.91 Å². The van der Waals surface area contributed by atoms with Crippen LogP contribution in [0.5, 0.6) is 0 Å². The topological polar surface area (TPSA) is 29.5 Å². The molecule has 1 aliphatic heterocycles. The van der Waals surface area contributed by atoms with Crippen LogP contribution in [0.15, 0.2) is 18.2 Å². The second-order valence-electron chi connectivity index (χ2n) is 3.57. The Kier molecular flexibility index (Phi) is 3.41. The lowest BCUT2D eigenvalue weighted by Gasteiger charge is -2.26. The van der Waals surface area contributed by atoms with Crippen LogP contribution in [0, 0.1) is 5.82 Å². The van der Waals surface area contributed by atoms with Crippen molar-refractivity contribution in [1.29, 1.82) is 0 Å². The smallest absolute Gasteiger partial charge is 0.271 e. The second-order valence-corrected chi connectivity index (χ2v) is 3.98. The zero-order valence-electron chi connectivity index (χ0n) is 8.58. The van der Waals surface area contributed by atoms with Crippen LogP contribution in [0.3, 0.4) is 0 Å². The molecule has 0 atom stereocenters. The molecule has 0 unspecified atom stereocenters. The number of carbonyl (C=O) groups is 1. The standard InChI is InChI=1S/C11H11ClFNO2/c12-10-7-8(13)3-4-9(10)11(15)14-5-1-2-6-16-14/h3-4,7H,1-2,5-6H2. The van der Waals surface area contributed by atoms with Gasteiger partial charge in [-0.15, -0.1) is 0 Å². The summed E-state index contributed by atoms with van der Waals surface area (Å²) in [5, 5.41) is 1.39. The molecule has 0 aromatic heterocycles. The van der Waals surface area contributed by atoms with E-state index in [1.807, 2.05) is 0 Å². The van der Waals surface area contributed by atoms with Crippen molar-refractivity contribution in [3.05, 3.63) is 34.6 Å². The monoisotopic (exact) mass is 243 g/mol. The van der Waals surface area contributed by atoms with E-state index in [1.54, 1.807) is 0 Å². The van der Waals surface area contributed by atoms with Crippen LogP contribution in [-0.4, -0.2) is 24.1 Å². The van der Waals surface area contributed by atoms with Crippen molar-refractivity contribution in [3.63, 3.8) is 0 Å². The first kappa shape index (κ1) is 11.4. The molecule has 0 aliphatic carbocycles. The van der Waals surface area contributed by atoms with Crippen molar-refractivity contribution in [2.24, 2.45) is 0 Å². The molecular weight excluding hydrogens is 233 g/mol. The molecule has 1 aromatic rings. The van der Waals surface area contributed by atoms with Gasteiger partial charge in [-0.05, 0) is 31.0 Å². The minimum atomic E-state index is -0.457. The molecule has 1 amide bonds. The molecule has 16 heavy (non-hydrogen) atoms. The molecule has 0 radical (unpaired) electrons. The second kappa shape index (κ2) is 4.80. The molecule has 1 aliphatic rings. The lowest BCUT2D eigenvalue weighted by Crippen LogP contribution is -2.35. The van der Waals surface area contributed by atoms with Gasteiger partial charge in [-0.25, -0.2) is 9.45 Å². The molecule has 3 nitrogen and oxygen atoms in total. The Hall–Kier alpha value is -1.13. The van der Waals surface area contributed by atoms with Crippen LogP contribution < -0.4 is 0 Å². The molecule has 1 saturated heterocycles. The Balaban J connectivity index is 2.19. The summed E-state index contributed by atoms with van der Waals surface area (Å²) in [4.78, 5) is 17.1. The molecule has 0 bridgehead atoms. The average Bonchev–Trinajstić information content (AvgIpc) is 2.29. The first-order valence-corrected chi connectivity index (χ1v) is 5.46. The van der Waals surface area contributed by atoms with Crippen LogP contribution in [0.2, 0.25) is 5.02 Å².